The van der Waals surface area contributed by atoms with Crippen LogP contribution in [0.15, 0.2) is 6.07 Å². The normalized spacial score (nSPS) is 13.9. The number of amides is 1. The molecular weight excluding hydrogens is 234 g/mol. The molecule has 0 saturated carbocycles. The van der Waals surface area contributed by atoms with Crippen molar-refractivity contribution in [2.45, 2.75) is 45.6 Å². The number of aromatic nitrogens is 2. The Morgan fingerprint density at radius 2 is 2.17 bits per heavy atom. The number of hydrogen-bond donors (Lipinski definition) is 3. The number of carbonyl (C=O) groups excluding carboxylic acids is 1. The summed E-state index contributed by atoms with van der Waals surface area (Å²) in [5, 5.41) is 18.3. The molecule has 0 radical (unpaired) electrons. The maximum atomic E-state index is 11.9. The molecule has 100 valence electrons. The second-order valence-corrected chi connectivity index (χ2v) is 4.47. The quantitative estimate of drug-likeness (QED) is 0.713. The summed E-state index contributed by atoms with van der Waals surface area (Å²) in [5.74, 6) is -1.51. The van der Waals surface area contributed by atoms with Crippen LogP contribution in [0, 0.1) is 0 Å². The second-order valence-electron chi connectivity index (χ2n) is 4.47. The van der Waals surface area contributed by atoms with E-state index in [0.29, 0.717) is 12.8 Å². The van der Waals surface area contributed by atoms with Gasteiger partial charge in [-0.25, -0.2) is 4.79 Å². The summed E-state index contributed by atoms with van der Waals surface area (Å²) in [7, 11) is 0. The first-order valence-electron chi connectivity index (χ1n) is 6.03. The van der Waals surface area contributed by atoms with Crippen LogP contribution >= 0.6 is 0 Å². The number of nitrogens with zero attached hydrogens (tertiary/aromatic N) is 1. The van der Waals surface area contributed by atoms with Gasteiger partial charge in [-0.1, -0.05) is 20.3 Å². The van der Waals surface area contributed by atoms with Crippen molar-refractivity contribution in [1.82, 2.24) is 15.5 Å². The van der Waals surface area contributed by atoms with E-state index < -0.39 is 17.4 Å². The van der Waals surface area contributed by atoms with Gasteiger partial charge in [0.15, 0.2) is 0 Å². The lowest BCUT2D eigenvalue weighted by molar-refractivity contribution is -0.144. The summed E-state index contributed by atoms with van der Waals surface area (Å²) in [6, 6.07) is 1.63. The van der Waals surface area contributed by atoms with Gasteiger partial charge in [0.1, 0.15) is 11.2 Å². The smallest absolute Gasteiger partial charge is 0.329 e. The summed E-state index contributed by atoms with van der Waals surface area (Å²) >= 11 is 0. The molecule has 3 N–H and O–H groups in total. The van der Waals surface area contributed by atoms with Crippen molar-refractivity contribution >= 4 is 11.9 Å². The number of aliphatic carboxylic acids is 1. The van der Waals surface area contributed by atoms with E-state index in [4.69, 9.17) is 5.11 Å². The fraction of sp³-hybridized carbons (Fsp3) is 0.583. The minimum Gasteiger partial charge on any atom is -0.480 e. The molecular formula is C12H19N3O3. The zero-order valence-corrected chi connectivity index (χ0v) is 10.9. The Balaban J connectivity index is 2.81. The highest BCUT2D eigenvalue weighted by Gasteiger charge is 2.34. The molecule has 18 heavy (non-hydrogen) atoms. The largest absolute Gasteiger partial charge is 0.480 e. The van der Waals surface area contributed by atoms with Crippen molar-refractivity contribution < 1.29 is 14.7 Å². The number of carboxylic acids is 1. The molecule has 6 heteroatoms. The zero-order valence-electron chi connectivity index (χ0n) is 10.9. The standard InChI is InChI=1S/C12H19N3O3/c1-4-6-12(3,11(17)18)13-10(16)9-7-8(5-2)14-15-9/h7H,4-6H2,1-3H3,(H,13,16)(H,14,15)(H,17,18). The van der Waals surface area contributed by atoms with Gasteiger partial charge in [0.05, 0.1) is 0 Å². The van der Waals surface area contributed by atoms with Gasteiger partial charge in [-0.3, -0.25) is 9.89 Å². The average molecular weight is 253 g/mol. The summed E-state index contributed by atoms with van der Waals surface area (Å²) < 4.78 is 0. The maximum absolute atomic E-state index is 11.9. The van der Waals surface area contributed by atoms with Crippen molar-refractivity contribution in [3.63, 3.8) is 0 Å². The van der Waals surface area contributed by atoms with Crippen LogP contribution in [0.5, 0.6) is 0 Å². The summed E-state index contributed by atoms with van der Waals surface area (Å²) in [5.41, 5.74) is -0.194. The fourth-order valence-electron chi connectivity index (χ4n) is 1.70. The molecule has 0 aliphatic heterocycles. The highest BCUT2D eigenvalue weighted by atomic mass is 16.4. The van der Waals surface area contributed by atoms with Gasteiger partial charge in [0, 0.05) is 5.69 Å². The molecule has 0 aromatic carbocycles. The molecule has 1 aromatic heterocycles. The first-order valence-corrected chi connectivity index (χ1v) is 6.03. The summed E-state index contributed by atoms with van der Waals surface area (Å²) in [4.78, 5) is 23.1. The first-order chi connectivity index (χ1) is 8.42. The van der Waals surface area contributed by atoms with E-state index in [1.165, 1.54) is 6.92 Å². The highest BCUT2D eigenvalue weighted by Crippen LogP contribution is 2.13. The van der Waals surface area contributed by atoms with Crippen molar-refractivity contribution in [2.75, 3.05) is 0 Å². The van der Waals surface area contributed by atoms with E-state index in [-0.39, 0.29) is 5.69 Å². The molecule has 1 unspecified atom stereocenters. The number of rotatable bonds is 6. The fourth-order valence-corrected chi connectivity index (χ4v) is 1.70. The van der Waals surface area contributed by atoms with Crippen LogP contribution in [0.1, 0.15) is 49.8 Å². The van der Waals surface area contributed by atoms with Gasteiger partial charge in [-0.15, -0.1) is 0 Å². The average Bonchev–Trinajstić information content (AvgIpc) is 2.77. The number of carboxylic acid groups (broad SMARTS) is 1. The molecule has 0 bridgehead atoms. The molecule has 0 aliphatic carbocycles. The van der Waals surface area contributed by atoms with Crippen LogP contribution in [0.2, 0.25) is 0 Å². The van der Waals surface area contributed by atoms with E-state index in [0.717, 1.165) is 12.1 Å². The van der Waals surface area contributed by atoms with Gasteiger partial charge in [0.25, 0.3) is 5.91 Å². The minimum absolute atomic E-state index is 0.218. The third-order valence-electron chi connectivity index (χ3n) is 2.86. The Morgan fingerprint density at radius 3 is 2.61 bits per heavy atom. The van der Waals surface area contributed by atoms with Gasteiger partial charge in [-0.05, 0) is 25.8 Å². The van der Waals surface area contributed by atoms with Crippen LogP contribution in [0.25, 0.3) is 0 Å². The van der Waals surface area contributed by atoms with E-state index in [9.17, 15) is 9.59 Å². The molecule has 1 amide bonds. The van der Waals surface area contributed by atoms with E-state index >= 15 is 0 Å². The Bertz CT molecular complexity index is 442. The lowest BCUT2D eigenvalue weighted by Crippen LogP contribution is -2.52. The second kappa shape index (κ2) is 5.66. The van der Waals surface area contributed by atoms with E-state index in [1.807, 2.05) is 13.8 Å². The SMILES string of the molecule is CCCC(C)(NC(=O)c1cc(CC)[nH]n1)C(=O)O. The molecule has 1 heterocycles. The lowest BCUT2D eigenvalue weighted by atomic mass is 9.96. The van der Waals surface area contributed by atoms with Crippen LogP contribution in [-0.4, -0.2) is 32.7 Å². The van der Waals surface area contributed by atoms with Gasteiger partial charge >= 0.3 is 5.97 Å². The Morgan fingerprint density at radius 1 is 1.50 bits per heavy atom. The molecule has 1 aromatic rings. The monoisotopic (exact) mass is 253 g/mol. The van der Waals surface area contributed by atoms with Crippen molar-refractivity contribution in [3.05, 3.63) is 17.5 Å². The summed E-state index contributed by atoms with van der Waals surface area (Å²) in [6.45, 7) is 5.31. The van der Waals surface area contributed by atoms with Gasteiger partial charge < -0.3 is 10.4 Å². The van der Waals surface area contributed by atoms with Crippen LogP contribution in [-0.2, 0) is 11.2 Å². The molecule has 0 saturated heterocycles. The topological polar surface area (TPSA) is 95.1 Å². The maximum Gasteiger partial charge on any atom is 0.329 e. The number of aromatic amines is 1. The van der Waals surface area contributed by atoms with Crippen LogP contribution in [0.4, 0.5) is 0 Å². The Hall–Kier alpha value is -1.85. The van der Waals surface area contributed by atoms with Crippen molar-refractivity contribution in [1.29, 1.82) is 0 Å². The van der Waals surface area contributed by atoms with E-state index in [2.05, 4.69) is 15.5 Å². The lowest BCUT2D eigenvalue weighted by Gasteiger charge is -2.25. The highest BCUT2D eigenvalue weighted by molar-refractivity contribution is 5.96. The minimum atomic E-state index is -1.25. The third-order valence-corrected chi connectivity index (χ3v) is 2.86. The van der Waals surface area contributed by atoms with Gasteiger partial charge in [-0.2, -0.15) is 5.10 Å². The van der Waals surface area contributed by atoms with E-state index in [1.54, 1.807) is 6.07 Å². The Kier molecular flexibility index (Phi) is 4.47. The third kappa shape index (κ3) is 3.09. The number of hydrogen-bond acceptors (Lipinski definition) is 3. The molecule has 1 atom stereocenters. The molecule has 1 rings (SSSR count). The molecule has 6 nitrogen and oxygen atoms in total. The van der Waals surface area contributed by atoms with Crippen LogP contribution in [0.3, 0.4) is 0 Å². The summed E-state index contributed by atoms with van der Waals surface area (Å²) in [6.07, 6.45) is 1.79. The molecule has 0 fully saturated rings. The number of carbonyl (C=O) groups is 2. The molecule has 0 spiro atoms. The molecule has 0 aliphatic rings. The van der Waals surface area contributed by atoms with Crippen molar-refractivity contribution in [3.8, 4) is 0 Å². The number of nitrogens with one attached hydrogen (secondary N) is 2. The van der Waals surface area contributed by atoms with Crippen molar-refractivity contribution in [2.24, 2.45) is 0 Å². The first kappa shape index (κ1) is 14.2. The Labute approximate surface area is 106 Å². The van der Waals surface area contributed by atoms with Gasteiger partial charge in [0.2, 0.25) is 0 Å². The zero-order chi connectivity index (χ0) is 13.8. The predicted octanol–water partition coefficient (Wildman–Crippen LogP) is 1.35. The predicted molar refractivity (Wildman–Crippen MR) is 66.4 cm³/mol. The number of H-pyrrole nitrogens is 1. The number of aryl methyl sites for hydroxylation is 1. The van der Waals surface area contributed by atoms with Crippen LogP contribution < -0.4 is 5.32 Å².